The van der Waals surface area contributed by atoms with Gasteiger partial charge in [-0.2, -0.15) is 0 Å². The number of hydrogen-bond acceptors (Lipinski definition) is 1. The third-order valence-electron chi connectivity index (χ3n) is 5.40. The van der Waals surface area contributed by atoms with Crippen molar-refractivity contribution in [2.45, 2.75) is 88.5 Å². The molecule has 3 heteroatoms. The van der Waals surface area contributed by atoms with Crippen LogP contribution in [0.5, 0.6) is 0 Å². The van der Waals surface area contributed by atoms with Crippen molar-refractivity contribution < 1.29 is 4.74 Å². The molecule has 22 heavy (non-hydrogen) atoms. The Hall–Kier alpha value is 0.335. The van der Waals surface area contributed by atoms with E-state index in [1.165, 1.54) is 57.1 Å². The van der Waals surface area contributed by atoms with Gasteiger partial charge in [-0.1, -0.05) is 82.4 Å². The molecular formula is C19H34BIO. The lowest BCUT2D eigenvalue weighted by atomic mass is 9.74. The molecule has 1 heterocycles. The van der Waals surface area contributed by atoms with Gasteiger partial charge in [-0.25, -0.2) is 0 Å². The number of rotatable bonds is 2. The molecule has 1 saturated carbocycles. The van der Waals surface area contributed by atoms with Gasteiger partial charge in [0, 0.05) is 11.8 Å². The van der Waals surface area contributed by atoms with E-state index in [0.717, 1.165) is 0 Å². The molecule has 0 bridgehead atoms. The monoisotopic (exact) mass is 416 g/mol. The predicted octanol–water partition coefficient (Wildman–Crippen LogP) is 5.47. The van der Waals surface area contributed by atoms with E-state index in [1.54, 1.807) is 5.57 Å². The number of ether oxygens (including phenoxy) is 1. The van der Waals surface area contributed by atoms with Crippen LogP contribution in [0.1, 0.15) is 79.1 Å². The fourth-order valence-corrected chi connectivity index (χ4v) is 5.13. The maximum atomic E-state index is 6.58. The van der Waals surface area contributed by atoms with Crippen molar-refractivity contribution in [2.24, 2.45) is 17.8 Å². The van der Waals surface area contributed by atoms with Crippen molar-refractivity contribution in [1.82, 2.24) is 0 Å². The number of fused-ring (bicyclic) bond motifs is 1. The Balaban J connectivity index is 2.25. The zero-order valence-electron chi connectivity index (χ0n) is 15.3. The van der Waals surface area contributed by atoms with Crippen LogP contribution in [0.2, 0.25) is 0 Å². The predicted molar refractivity (Wildman–Crippen MR) is 107 cm³/mol. The van der Waals surface area contributed by atoms with E-state index in [0.29, 0.717) is 27.2 Å². The average Bonchev–Trinajstić information content (AvgIpc) is 2.74. The Kier molecular flexibility index (Phi) is 6.74. The first kappa shape index (κ1) is 18.7. The van der Waals surface area contributed by atoms with E-state index in [1.807, 2.05) is 0 Å². The van der Waals surface area contributed by atoms with Crippen LogP contribution < -0.4 is 0 Å². The van der Waals surface area contributed by atoms with Crippen LogP contribution in [0.4, 0.5) is 0 Å². The highest BCUT2D eigenvalue weighted by Gasteiger charge is 2.41. The van der Waals surface area contributed by atoms with E-state index < -0.39 is 0 Å². The molecular weight excluding hydrogens is 382 g/mol. The number of allylic oxidation sites excluding steroid dienone is 1. The third-order valence-corrected chi connectivity index (χ3v) is 6.38. The Morgan fingerprint density at radius 1 is 1.05 bits per heavy atom. The van der Waals surface area contributed by atoms with Crippen LogP contribution in [0.3, 0.4) is 0 Å². The summed E-state index contributed by atoms with van der Waals surface area (Å²) in [5.41, 5.74) is 1.64. The van der Waals surface area contributed by atoms with Gasteiger partial charge in [0.1, 0.15) is 14.0 Å². The summed E-state index contributed by atoms with van der Waals surface area (Å²) in [4.78, 5) is 0. The molecule has 2 aliphatic rings. The molecule has 1 fully saturated rings. The summed E-state index contributed by atoms with van der Waals surface area (Å²) in [6.45, 7) is 9.31. The lowest BCUT2D eigenvalue weighted by Crippen LogP contribution is -2.32. The van der Waals surface area contributed by atoms with Crippen molar-refractivity contribution >= 4 is 30.4 Å². The van der Waals surface area contributed by atoms with E-state index in [-0.39, 0.29) is 0 Å². The normalized spacial score (nSPS) is 34.5. The molecule has 0 aromatic carbocycles. The second kappa shape index (κ2) is 7.94. The van der Waals surface area contributed by atoms with Gasteiger partial charge >= 0.3 is 0 Å². The summed E-state index contributed by atoms with van der Waals surface area (Å²) >= 11 is 2.70. The third kappa shape index (κ3) is 4.67. The van der Waals surface area contributed by atoms with Crippen LogP contribution in [0.15, 0.2) is 11.3 Å². The molecule has 3 atom stereocenters. The van der Waals surface area contributed by atoms with Crippen molar-refractivity contribution in [2.75, 3.05) is 0 Å². The molecule has 0 radical (unpaired) electrons. The first-order chi connectivity index (χ1) is 10.3. The fourth-order valence-electron chi connectivity index (χ4n) is 4.31. The highest BCUT2D eigenvalue weighted by molar-refractivity contribution is 14.1. The second-order valence-electron chi connectivity index (χ2n) is 8.32. The number of halogens is 1. The minimum atomic E-state index is 0.388. The first-order valence-electron chi connectivity index (χ1n) is 9.41. The molecule has 0 amide bonds. The summed E-state index contributed by atoms with van der Waals surface area (Å²) in [5.74, 6) is 3.15. The molecule has 0 spiro atoms. The topological polar surface area (TPSA) is 9.23 Å². The largest absolute Gasteiger partial charge is 0.494 e. The highest BCUT2D eigenvalue weighted by Crippen LogP contribution is 2.45. The summed E-state index contributed by atoms with van der Waals surface area (Å²) < 4.78 is 6.97. The van der Waals surface area contributed by atoms with Crippen LogP contribution in [0.25, 0.3) is 0 Å². The molecule has 2 rings (SSSR count). The van der Waals surface area contributed by atoms with E-state index >= 15 is 0 Å². The molecule has 1 aliphatic heterocycles. The van der Waals surface area contributed by atoms with Crippen molar-refractivity contribution in [3.05, 3.63) is 11.3 Å². The SMILES string of the molecule is BC1(I)CCCCCCCC2C(C(C)C)=C(C(C)C)OC2C1. The van der Waals surface area contributed by atoms with Crippen molar-refractivity contribution in [3.63, 3.8) is 0 Å². The number of alkyl halides is 1. The Labute approximate surface area is 152 Å². The van der Waals surface area contributed by atoms with Gasteiger partial charge in [0.05, 0.1) is 5.76 Å². The van der Waals surface area contributed by atoms with Crippen molar-refractivity contribution in [1.29, 1.82) is 0 Å². The van der Waals surface area contributed by atoms with Crippen LogP contribution >= 0.6 is 22.6 Å². The second-order valence-corrected chi connectivity index (χ2v) is 10.9. The van der Waals surface area contributed by atoms with Gasteiger partial charge < -0.3 is 4.74 Å². The molecule has 0 aromatic heterocycles. The van der Waals surface area contributed by atoms with Gasteiger partial charge in [-0.05, 0) is 34.1 Å². The standard InChI is InChI=1S/C19H34BIO/c1-13(2)17-15-10-8-6-5-7-9-11-19(20,21)12-16(15)22-18(17)14(3)4/h13-16H,5-12,20H2,1-4H3. The lowest BCUT2D eigenvalue weighted by Gasteiger charge is -2.30. The molecule has 1 nitrogen and oxygen atoms in total. The quantitative estimate of drug-likeness (QED) is 0.330. The van der Waals surface area contributed by atoms with E-state index in [4.69, 9.17) is 4.74 Å². The fraction of sp³-hybridized carbons (Fsp3) is 0.895. The lowest BCUT2D eigenvalue weighted by molar-refractivity contribution is 0.0841. The highest BCUT2D eigenvalue weighted by atomic mass is 127. The van der Waals surface area contributed by atoms with Crippen LogP contribution in [-0.2, 0) is 4.74 Å². The summed E-state index contributed by atoms with van der Waals surface area (Å²) in [6, 6.07) is 0. The molecule has 1 aliphatic carbocycles. The van der Waals surface area contributed by atoms with Crippen molar-refractivity contribution in [3.8, 4) is 0 Å². The van der Waals surface area contributed by atoms with Gasteiger partial charge in [0.25, 0.3) is 0 Å². The van der Waals surface area contributed by atoms with Crippen LogP contribution in [0, 0.1) is 17.8 Å². The zero-order chi connectivity index (χ0) is 16.3. The van der Waals surface area contributed by atoms with E-state index in [2.05, 4.69) is 58.1 Å². The first-order valence-corrected chi connectivity index (χ1v) is 10.5. The van der Waals surface area contributed by atoms with Crippen LogP contribution in [-0.4, -0.2) is 17.3 Å². The Bertz CT molecular complexity index is 400. The van der Waals surface area contributed by atoms with E-state index in [9.17, 15) is 0 Å². The summed E-state index contributed by atoms with van der Waals surface area (Å²) in [6.07, 6.45) is 11.3. The van der Waals surface area contributed by atoms with Gasteiger partial charge in [-0.3, -0.25) is 0 Å². The molecule has 126 valence electrons. The maximum absolute atomic E-state index is 6.58. The average molecular weight is 416 g/mol. The smallest absolute Gasteiger partial charge is 0.122 e. The summed E-state index contributed by atoms with van der Waals surface area (Å²) in [5, 5.41) is 0. The minimum Gasteiger partial charge on any atom is -0.494 e. The Morgan fingerprint density at radius 3 is 2.32 bits per heavy atom. The Morgan fingerprint density at radius 2 is 1.68 bits per heavy atom. The van der Waals surface area contributed by atoms with Gasteiger partial charge in [0.15, 0.2) is 0 Å². The molecule has 0 aromatic rings. The maximum Gasteiger partial charge on any atom is 0.122 e. The molecule has 0 saturated heterocycles. The molecule has 3 unspecified atom stereocenters. The minimum absolute atomic E-state index is 0.388. The summed E-state index contributed by atoms with van der Waals surface area (Å²) in [7, 11) is 2.44. The zero-order valence-corrected chi connectivity index (χ0v) is 17.4. The van der Waals surface area contributed by atoms with Gasteiger partial charge in [0.2, 0.25) is 0 Å². The molecule has 0 N–H and O–H groups in total. The number of hydrogen-bond donors (Lipinski definition) is 0. The van der Waals surface area contributed by atoms with Gasteiger partial charge in [-0.15, -0.1) is 0 Å².